The Bertz CT molecular complexity index is 375. The Morgan fingerprint density at radius 1 is 1.22 bits per heavy atom. The third-order valence-electron chi connectivity index (χ3n) is 3.20. The van der Waals surface area contributed by atoms with Crippen molar-refractivity contribution in [2.45, 2.75) is 32.3 Å². The van der Waals surface area contributed by atoms with Crippen molar-refractivity contribution >= 4 is 11.8 Å². The smallest absolute Gasteiger partial charge is 0.227 e. The molecule has 0 aliphatic carbocycles. The van der Waals surface area contributed by atoms with Gasteiger partial charge in [0.05, 0.1) is 12.3 Å². The molecule has 2 heterocycles. The highest BCUT2D eigenvalue weighted by Gasteiger charge is 2.14. The van der Waals surface area contributed by atoms with Gasteiger partial charge in [0.15, 0.2) is 0 Å². The van der Waals surface area contributed by atoms with Gasteiger partial charge in [0.2, 0.25) is 5.95 Å². The monoisotopic (exact) mass is 250 g/mol. The Morgan fingerprint density at radius 3 is 2.56 bits per heavy atom. The van der Waals surface area contributed by atoms with Crippen LogP contribution in [0.5, 0.6) is 0 Å². The summed E-state index contributed by atoms with van der Waals surface area (Å²) in [5, 5.41) is 3.09. The second-order valence-corrected chi connectivity index (χ2v) is 4.63. The molecule has 0 amide bonds. The molecule has 1 aliphatic rings. The quantitative estimate of drug-likeness (QED) is 0.886. The molecule has 0 saturated carbocycles. The third kappa shape index (κ3) is 3.32. The maximum Gasteiger partial charge on any atom is 0.227 e. The summed E-state index contributed by atoms with van der Waals surface area (Å²) in [4.78, 5) is 11.4. The molecule has 0 atom stereocenters. The van der Waals surface area contributed by atoms with Gasteiger partial charge in [-0.3, -0.25) is 0 Å². The standard InChI is InChI=1S/C13H22N4O/c1-14-12-9-11(10-18-2)15-13(16-12)17-7-5-3-4-6-8-17/h9H,3-8,10H2,1-2H3,(H,14,15,16). The van der Waals surface area contributed by atoms with Gasteiger partial charge in [-0.1, -0.05) is 12.8 Å². The first-order chi connectivity index (χ1) is 8.83. The second kappa shape index (κ2) is 6.54. The van der Waals surface area contributed by atoms with Crippen LogP contribution >= 0.6 is 0 Å². The lowest BCUT2D eigenvalue weighted by Crippen LogP contribution is -2.26. The van der Waals surface area contributed by atoms with Crippen molar-refractivity contribution in [3.63, 3.8) is 0 Å². The van der Waals surface area contributed by atoms with Crippen LogP contribution in [0.4, 0.5) is 11.8 Å². The Morgan fingerprint density at radius 2 is 1.94 bits per heavy atom. The molecule has 0 bridgehead atoms. The van der Waals surface area contributed by atoms with E-state index < -0.39 is 0 Å². The molecule has 2 rings (SSSR count). The van der Waals surface area contributed by atoms with Crippen LogP contribution in [0.3, 0.4) is 0 Å². The molecule has 18 heavy (non-hydrogen) atoms. The molecule has 100 valence electrons. The number of hydrogen-bond donors (Lipinski definition) is 1. The topological polar surface area (TPSA) is 50.3 Å². The number of ether oxygens (including phenoxy) is 1. The molecule has 1 aliphatic heterocycles. The number of anilines is 2. The lowest BCUT2D eigenvalue weighted by Gasteiger charge is -2.21. The summed E-state index contributed by atoms with van der Waals surface area (Å²) in [5.41, 5.74) is 0.927. The van der Waals surface area contributed by atoms with Gasteiger partial charge < -0.3 is 15.0 Å². The molecular formula is C13H22N4O. The normalized spacial score (nSPS) is 16.4. The van der Waals surface area contributed by atoms with Crippen LogP contribution in [0, 0.1) is 0 Å². The van der Waals surface area contributed by atoms with E-state index in [0.717, 1.165) is 30.5 Å². The average molecular weight is 250 g/mol. The molecule has 5 nitrogen and oxygen atoms in total. The molecule has 0 spiro atoms. The molecular weight excluding hydrogens is 228 g/mol. The van der Waals surface area contributed by atoms with E-state index in [1.807, 2.05) is 13.1 Å². The second-order valence-electron chi connectivity index (χ2n) is 4.63. The Balaban J connectivity index is 2.21. The van der Waals surface area contributed by atoms with E-state index in [0.29, 0.717) is 6.61 Å². The van der Waals surface area contributed by atoms with Crippen LogP contribution in [-0.2, 0) is 11.3 Å². The predicted molar refractivity (Wildman–Crippen MR) is 73.0 cm³/mol. The van der Waals surface area contributed by atoms with Crippen LogP contribution in [0.2, 0.25) is 0 Å². The van der Waals surface area contributed by atoms with E-state index >= 15 is 0 Å². The van der Waals surface area contributed by atoms with E-state index in [9.17, 15) is 0 Å². The zero-order valence-electron chi connectivity index (χ0n) is 11.3. The van der Waals surface area contributed by atoms with E-state index in [4.69, 9.17) is 4.74 Å². The highest BCUT2D eigenvalue weighted by molar-refractivity contribution is 5.43. The van der Waals surface area contributed by atoms with Crippen molar-refractivity contribution in [3.8, 4) is 0 Å². The fourth-order valence-electron chi connectivity index (χ4n) is 2.25. The van der Waals surface area contributed by atoms with Gasteiger partial charge in [-0.05, 0) is 12.8 Å². The molecule has 0 aromatic carbocycles. The van der Waals surface area contributed by atoms with Crippen molar-refractivity contribution in [3.05, 3.63) is 11.8 Å². The van der Waals surface area contributed by atoms with Crippen LogP contribution < -0.4 is 10.2 Å². The van der Waals surface area contributed by atoms with Gasteiger partial charge in [-0.25, -0.2) is 4.98 Å². The minimum Gasteiger partial charge on any atom is -0.378 e. The van der Waals surface area contributed by atoms with E-state index in [1.165, 1.54) is 25.7 Å². The van der Waals surface area contributed by atoms with Crippen molar-refractivity contribution < 1.29 is 4.74 Å². The molecule has 0 radical (unpaired) electrons. The zero-order valence-corrected chi connectivity index (χ0v) is 11.3. The summed E-state index contributed by atoms with van der Waals surface area (Å²) < 4.78 is 5.16. The highest BCUT2D eigenvalue weighted by Crippen LogP contribution is 2.18. The van der Waals surface area contributed by atoms with E-state index in [2.05, 4.69) is 20.2 Å². The number of methoxy groups -OCH3 is 1. The Kier molecular flexibility index (Phi) is 4.75. The number of nitrogens with zero attached hydrogens (tertiary/aromatic N) is 3. The number of nitrogens with one attached hydrogen (secondary N) is 1. The van der Waals surface area contributed by atoms with Crippen molar-refractivity contribution in [2.24, 2.45) is 0 Å². The minimum atomic E-state index is 0.526. The fourth-order valence-corrected chi connectivity index (χ4v) is 2.25. The van der Waals surface area contributed by atoms with Crippen molar-refractivity contribution in [1.82, 2.24) is 9.97 Å². The Labute approximate surface area is 109 Å². The first-order valence-electron chi connectivity index (χ1n) is 6.63. The fraction of sp³-hybridized carbons (Fsp3) is 0.692. The number of aromatic nitrogens is 2. The van der Waals surface area contributed by atoms with Gasteiger partial charge in [-0.15, -0.1) is 0 Å². The molecule has 1 N–H and O–H groups in total. The number of rotatable bonds is 4. The lowest BCUT2D eigenvalue weighted by atomic mass is 10.2. The largest absolute Gasteiger partial charge is 0.378 e. The average Bonchev–Trinajstić information content (AvgIpc) is 2.67. The van der Waals surface area contributed by atoms with Gasteiger partial charge in [0.1, 0.15) is 5.82 Å². The maximum absolute atomic E-state index is 5.16. The predicted octanol–water partition coefficient (Wildman–Crippen LogP) is 2.05. The summed E-state index contributed by atoms with van der Waals surface area (Å²) in [7, 11) is 3.57. The van der Waals surface area contributed by atoms with Crippen LogP contribution in [0.1, 0.15) is 31.4 Å². The molecule has 1 aromatic heterocycles. The van der Waals surface area contributed by atoms with Gasteiger partial charge in [-0.2, -0.15) is 4.98 Å². The molecule has 1 fully saturated rings. The van der Waals surface area contributed by atoms with Crippen LogP contribution in [0.25, 0.3) is 0 Å². The SMILES string of the molecule is CNc1cc(COC)nc(N2CCCCCC2)n1. The molecule has 0 unspecified atom stereocenters. The van der Waals surface area contributed by atoms with Crippen LogP contribution in [-0.4, -0.2) is 37.2 Å². The summed E-state index contributed by atoms with van der Waals surface area (Å²) in [6.07, 6.45) is 5.08. The summed E-state index contributed by atoms with van der Waals surface area (Å²) in [5.74, 6) is 1.69. The molecule has 1 saturated heterocycles. The van der Waals surface area contributed by atoms with Gasteiger partial charge >= 0.3 is 0 Å². The first-order valence-corrected chi connectivity index (χ1v) is 6.63. The third-order valence-corrected chi connectivity index (χ3v) is 3.20. The molecule has 5 heteroatoms. The van der Waals surface area contributed by atoms with Crippen molar-refractivity contribution in [1.29, 1.82) is 0 Å². The van der Waals surface area contributed by atoms with Crippen molar-refractivity contribution in [2.75, 3.05) is 37.5 Å². The lowest BCUT2D eigenvalue weighted by molar-refractivity contribution is 0.181. The minimum absolute atomic E-state index is 0.526. The summed E-state index contributed by atoms with van der Waals surface area (Å²) in [6, 6.07) is 1.94. The van der Waals surface area contributed by atoms with E-state index in [-0.39, 0.29) is 0 Å². The summed E-state index contributed by atoms with van der Waals surface area (Å²) in [6.45, 7) is 2.64. The first kappa shape index (κ1) is 13.1. The Hall–Kier alpha value is -1.36. The molecule has 1 aromatic rings. The van der Waals surface area contributed by atoms with Gasteiger partial charge in [0, 0.05) is 33.3 Å². The van der Waals surface area contributed by atoms with Gasteiger partial charge in [0.25, 0.3) is 0 Å². The number of hydrogen-bond acceptors (Lipinski definition) is 5. The maximum atomic E-state index is 5.16. The van der Waals surface area contributed by atoms with E-state index in [1.54, 1.807) is 7.11 Å². The van der Waals surface area contributed by atoms with Crippen LogP contribution in [0.15, 0.2) is 6.07 Å². The summed E-state index contributed by atoms with van der Waals surface area (Å²) >= 11 is 0. The zero-order chi connectivity index (χ0) is 12.8. The highest BCUT2D eigenvalue weighted by atomic mass is 16.5.